The molecule has 15 aromatic carbocycles. The van der Waals surface area contributed by atoms with E-state index >= 15 is 0 Å². The molecule has 5 nitrogen and oxygen atoms in total. The van der Waals surface area contributed by atoms with E-state index < -0.39 is 13.5 Å². The second-order valence-electron chi connectivity index (χ2n) is 31.1. The van der Waals surface area contributed by atoms with Gasteiger partial charge < -0.3 is 23.2 Å². The van der Waals surface area contributed by atoms with Crippen molar-refractivity contribution in [1.82, 2.24) is 4.57 Å². The summed E-state index contributed by atoms with van der Waals surface area (Å²) < 4.78 is 17.0. The molecule has 5 heterocycles. The molecule has 0 fully saturated rings. The Kier molecular flexibility index (Phi) is 14.4. The summed E-state index contributed by atoms with van der Waals surface area (Å²) in [4.78, 5) is 5.25. The first-order valence-electron chi connectivity index (χ1n) is 37.1. The van der Waals surface area contributed by atoms with E-state index in [1.165, 1.54) is 64.8 Å². The number of fused-ring (bicyclic) bond motifs is 13. The molecule has 0 atom stereocenters. The molecule has 0 saturated carbocycles. The van der Waals surface area contributed by atoms with Crippen molar-refractivity contribution in [3.05, 3.63) is 385 Å². The lowest BCUT2D eigenvalue weighted by molar-refractivity contribution is 0.590. The van der Waals surface area contributed by atoms with Crippen LogP contribution in [0.1, 0.15) is 74.9 Å². The summed E-state index contributed by atoms with van der Waals surface area (Å²) >= 11 is 0. The van der Waals surface area contributed by atoms with Gasteiger partial charge in [-0.15, -0.1) is 0 Å². The minimum Gasteiger partial charge on any atom is -0.456 e. The van der Waals surface area contributed by atoms with E-state index in [0.717, 1.165) is 111 Å². The lowest BCUT2D eigenvalue weighted by Gasteiger charge is -2.45. The fraction of sp³-hybridized carbons (Fsp3) is 0.0909. The second kappa shape index (κ2) is 24.1. The maximum Gasteiger partial charge on any atom is 0.252 e. The largest absolute Gasteiger partial charge is 0.456 e. The number of aromatic nitrogens is 1. The normalized spacial score (nSPS) is 13.1. The zero-order valence-electron chi connectivity index (χ0n) is 60.2. The van der Waals surface area contributed by atoms with Gasteiger partial charge in [0.2, 0.25) is 0 Å². The predicted octanol–water partition coefficient (Wildman–Crippen LogP) is 21.0. The summed E-state index contributed by atoms with van der Waals surface area (Å²) in [6.07, 6.45) is 0. The molecule has 2 aliphatic rings. The van der Waals surface area contributed by atoms with Crippen LogP contribution in [0.3, 0.4) is 0 Å². The molecule has 7 heteroatoms. The standard InChI is InChI=1S/C99H76BN3O2Si/c1-97(2,3)68-51-53-92-80(56-68)82-61-88-84(63-94(82)104-92)100-85-64-95-83(81-57-69(98(4,5)6)52-54-93(81)105-95)62-89(85)102(72-39-30-46-77(58-72)106(74-40-19-10-20-41-74,75-42-21-11-22-43-75)76-44-23-12-24-45-76)91-60-73(103-86-49-27-25-47-78(86)79-48-26-28-50-87(79)103)59-90(96(91)100)101(88)71-38-29-37-70(55-71)99(65-31-13-7-14-32-65,66-33-15-8-16-34-66)67-35-17-9-18-36-67/h7-64H,1-6H3. The minimum atomic E-state index is -3.12. The number of hydrogen-bond acceptors (Lipinski definition) is 4. The van der Waals surface area contributed by atoms with Gasteiger partial charge in [-0.3, -0.25) is 0 Å². The number of furan rings is 2. The van der Waals surface area contributed by atoms with Gasteiger partial charge in [0.15, 0.2) is 8.07 Å². The average molecular weight is 1380 g/mol. The summed E-state index contributed by atoms with van der Waals surface area (Å²) in [6.45, 7) is 13.5. The van der Waals surface area contributed by atoms with Gasteiger partial charge in [0.25, 0.3) is 6.71 Å². The number of para-hydroxylation sites is 2. The summed E-state index contributed by atoms with van der Waals surface area (Å²) in [5, 5.41) is 11.9. The van der Waals surface area contributed by atoms with Crippen LogP contribution >= 0.6 is 0 Å². The summed E-state index contributed by atoms with van der Waals surface area (Å²) in [7, 11) is -3.12. The Labute approximate surface area is 619 Å². The molecule has 0 aliphatic carbocycles. The smallest absolute Gasteiger partial charge is 0.252 e. The molecule has 20 rings (SSSR count). The highest BCUT2D eigenvalue weighted by atomic mass is 28.3. The molecule has 0 amide bonds. The number of benzene rings is 15. The topological polar surface area (TPSA) is 37.7 Å². The predicted molar refractivity (Wildman–Crippen MR) is 449 cm³/mol. The van der Waals surface area contributed by atoms with E-state index in [4.69, 9.17) is 8.83 Å². The number of hydrogen-bond donors (Lipinski definition) is 0. The molecule has 0 N–H and O–H groups in total. The third kappa shape index (κ3) is 9.61. The molecule has 0 radical (unpaired) electrons. The minimum absolute atomic E-state index is 0.108. The molecule has 0 unspecified atom stereocenters. The highest BCUT2D eigenvalue weighted by molar-refractivity contribution is 7.20. The second-order valence-corrected chi connectivity index (χ2v) is 34.9. The molecule has 3 aromatic heterocycles. The Morgan fingerprint density at radius 1 is 0.264 bits per heavy atom. The van der Waals surface area contributed by atoms with Crippen molar-refractivity contribution in [3.8, 4) is 5.69 Å². The number of nitrogens with zero attached hydrogens (tertiary/aromatic N) is 3. The van der Waals surface area contributed by atoms with Gasteiger partial charge in [0.1, 0.15) is 22.3 Å². The molecule has 106 heavy (non-hydrogen) atoms. The Morgan fingerprint density at radius 3 is 1.07 bits per heavy atom. The average Bonchev–Trinajstić information content (AvgIpc) is 1.16. The van der Waals surface area contributed by atoms with Gasteiger partial charge in [0, 0.05) is 66.4 Å². The highest BCUT2D eigenvalue weighted by Gasteiger charge is 2.48. The first kappa shape index (κ1) is 63.3. The molecule has 0 saturated heterocycles. The molecule has 2 aliphatic heterocycles. The Hall–Kier alpha value is -12.4. The monoisotopic (exact) mass is 1380 g/mol. The van der Waals surface area contributed by atoms with Gasteiger partial charge in [0.05, 0.1) is 22.1 Å². The maximum absolute atomic E-state index is 7.25. The van der Waals surface area contributed by atoms with Gasteiger partial charge in [-0.05, 0) is 178 Å². The van der Waals surface area contributed by atoms with Crippen LogP contribution in [0.15, 0.2) is 361 Å². The Morgan fingerprint density at radius 2 is 0.632 bits per heavy atom. The zero-order valence-corrected chi connectivity index (χ0v) is 61.2. The van der Waals surface area contributed by atoms with Crippen LogP contribution in [-0.2, 0) is 16.2 Å². The van der Waals surface area contributed by atoms with Crippen molar-refractivity contribution in [2.75, 3.05) is 9.80 Å². The van der Waals surface area contributed by atoms with E-state index in [1.807, 2.05) is 0 Å². The summed E-state index contributed by atoms with van der Waals surface area (Å²) in [6, 6.07) is 133. The maximum atomic E-state index is 7.25. The lowest BCUT2D eigenvalue weighted by Crippen LogP contribution is -2.74. The number of rotatable bonds is 11. The lowest BCUT2D eigenvalue weighted by atomic mass is 9.33. The van der Waals surface area contributed by atoms with E-state index in [0.29, 0.717) is 0 Å². The fourth-order valence-corrected chi connectivity index (χ4v) is 23.0. The van der Waals surface area contributed by atoms with E-state index in [2.05, 4.69) is 408 Å². The van der Waals surface area contributed by atoms with Crippen molar-refractivity contribution in [2.45, 2.75) is 57.8 Å². The van der Waals surface area contributed by atoms with E-state index in [-0.39, 0.29) is 17.5 Å². The van der Waals surface area contributed by atoms with Crippen molar-refractivity contribution in [2.24, 2.45) is 0 Å². The molecule has 0 bridgehead atoms. The van der Waals surface area contributed by atoms with Crippen molar-refractivity contribution >= 4 is 152 Å². The number of anilines is 6. The van der Waals surface area contributed by atoms with Crippen LogP contribution in [0, 0.1) is 0 Å². The van der Waals surface area contributed by atoms with E-state index in [1.54, 1.807) is 0 Å². The van der Waals surface area contributed by atoms with Crippen LogP contribution in [0.2, 0.25) is 0 Å². The van der Waals surface area contributed by atoms with Gasteiger partial charge in [-0.1, -0.05) is 296 Å². The Bertz CT molecular complexity index is 5910. The van der Waals surface area contributed by atoms with Crippen LogP contribution in [0.5, 0.6) is 0 Å². The third-order valence-corrected chi connectivity index (χ3v) is 27.9. The fourth-order valence-electron chi connectivity index (χ4n) is 18.2. The molecule has 506 valence electrons. The highest BCUT2D eigenvalue weighted by Crippen LogP contribution is 2.52. The quantitative estimate of drug-likeness (QED) is 0.0955. The molecular weight excluding hydrogens is 1300 g/mol. The van der Waals surface area contributed by atoms with Crippen LogP contribution < -0.4 is 46.9 Å². The van der Waals surface area contributed by atoms with Crippen LogP contribution in [0.25, 0.3) is 71.4 Å². The van der Waals surface area contributed by atoms with Crippen LogP contribution in [-0.4, -0.2) is 19.4 Å². The third-order valence-electron chi connectivity index (χ3n) is 23.1. The molecule has 18 aromatic rings. The molecule has 0 spiro atoms. The first-order valence-corrected chi connectivity index (χ1v) is 39.1. The van der Waals surface area contributed by atoms with Crippen molar-refractivity contribution < 1.29 is 8.83 Å². The Balaban J connectivity index is 0.952. The molecular formula is C99H76BN3O2Si. The summed E-state index contributed by atoms with van der Waals surface area (Å²) in [5.41, 5.74) is 22.8. The van der Waals surface area contributed by atoms with Gasteiger partial charge in [-0.2, -0.15) is 0 Å². The first-order chi connectivity index (χ1) is 51.8. The van der Waals surface area contributed by atoms with Gasteiger partial charge in [-0.25, -0.2) is 0 Å². The van der Waals surface area contributed by atoms with Crippen molar-refractivity contribution in [3.63, 3.8) is 0 Å². The van der Waals surface area contributed by atoms with Crippen LogP contribution in [0.4, 0.5) is 34.1 Å². The van der Waals surface area contributed by atoms with Crippen molar-refractivity contribution in [1.29, 1.82) is 0 Å². The van der Waals surface area contributed by atoms with E-state index in [9.17, 15) is 0 Å². The zero-order chi connectivity index (χ0) is 71.2. The summed E-state index contributed by atoms with van der Waals surface area (Å²) in [5.74, 6) is 0. The van der Waals surface area contributed by atoms with Gasteiger partial charge >= 0.3 is 0 Å². The SMILES string of the molecule is CC(C)(C)c1ccc2oc3cc4c(cc3c2c1)N(c1cccc(C(c2ccccc2)(c2ccccc2)c2ccccc2)c1)c1cc(-n2c3ccccc3c3ccccc32)cc2c1B4c1cc3oc4ccc(C(C)(C)C)cc4c3cc1N2c1cccc([Si](c2ccccc2)(c2ccccc2)c2ccccc2)c1.